The van der Waals surface area contributed by atoms with Gasteiger partial charge < -0.3 is 15.6 Å². The lowest BCUT2D eigenvalue weighted by molar-refractivity contribution is -0.114. The molecule has 33 heavy (non-hydrogen) atoms. The minimum atomic E-state index is -0.424. The van der Waals surface area contributed by atoms with Crippen molar-refractivity contribution in [1.29, 1.82) is 0 Å². The van der Waals surface area contributed by atoms with E-state index >= 15 is 0 Å². The minimum Gasteiger partial charge on any atom is -0.353 e. The molecule has 8 nitrogen and oxygen atoms in total. The molecule has 3 N–H and O–H groups in total. The number of aryl methyl sites for hydroxylation is 1. The molecule has 0 atom stereocenters. The lowest BCUT2D eigenvalue weighted by atomic mass is 10.2. The number of aromatic amines is 1. The minimum absolute atomic E-state index is 0.0209. The van der Waals surface area contributed by atoms with E-state index in [0.717, 1.165) is 17.5 Å². The number of fused-ring (bicyclic) bond motifs is 1. The fraction of sp³-hybridized carbons (Fsp3) is 0.130. The van der Waals surface area contributed by atoms with E-state index in [2.05, 4.69) is 20.6 Å². The lowest BCUT2D eigenvalue weighted by Crippen LogP contribution is -2.23. The maximum Gasteiger partial charge on any atom is 0.283 e. The van der Waals surface area contributed by atoms with E-state index in [-0.39, 0.29) is 23.1 Å². The number of rotatable bonds is 6. The van der Waals surface area contributed by atoms with Gasteiger partial charge in [-0.1, -0.05) is 17.8 Å². The predicted molar refractivity (Wildman–Crippen MR) is 126 cm³/mol. The summed E-state index contributed by atoms with van der Waals surface area (Å²) in [6.07, 6.45) is 0. The Balaban J connectivity index is 1.60. The first-order valence-corrected chi connectivity index (χ1v) is 11.0. The zero-order chi connectivity index (χ0) is 23.5. The van der Waals surface area contributed by atoms with Gasteiger partial charge in [-0.05, 0) is 55.5 Å². The second kappa shape index (κ2) is 9.29. The van der Waals surface area contributed by atoms with Crippen LogP contribution in [-0.2, 0) is 9.59 Å². The molecule has 2 aromatic heterocycles. The van der Waals surface area contributed by atoms with Crippen LogP contribution in [0.2, 0.25) is 0 Å². The van der Waals surface area contributed by atoms with Gasteiger partial charge in [0.25, 0.3) is 5.56 Å². The molecule has 0 bridgehead atoms. The average Bonchev–Trinajstić information content (AvgIpc) is 3.14. The topological polar surface area (TPSA) is 109 Å². The third kappa shape index (κ3) is 5.12. The number of nitrogens with one attached hydrogen (secondary N) is 3. The van der Waals surface area contributed by atoms with Crippen LogP contribution in [0.15, 0.2) is 64.5 Å². The number of aromatic nitrogens is 3. The van der Waals surface area contributed by atoms with Gasteiger partial charge in [0.15, 0.2) is 5.16 Å². The quantitative estimate of drug-likeness (QED) is 0.296. The van der Waals surface area contributed by atoms with E-state index < -0.39 is 5.82 Å². The summed E-state index contributed by atoms with van der Waals surface area (Å²) in [6.45, 7) is 3.22. The van der Waals surface area contributed by atoms with Gasteiger partial charge in [0.05, 0.1) is 17.0 Å². The first-order chi connectivity index (χ1) is 15.8. The average molecular weight is 466 g/mol. The fourth-order valence-corrected chi connectivity index (χ4v) is 4.11. The molecule has 0 aliphatic rings. The number of hydrogen-bond donors (Lipinski definition) is 3. The molecule has 0 aliphatic heterocycles. The molecule has 2 heterocycles. The molecule has 0 radical (unpaired) electrons. The number of nitrogens with zero attached hydrogens (tertiary/aromatic N) is 2. The second-order valence-corrected chi connectivity index (χ2v) is 8.27. The first kappa shape index (κ1) is 22.3. The molecule has 168 valence electrons. The van der Waals surface area contributed by atoms with Crippen LogP contribution in [0.3, 0.4) is 0 Å². The molecule has 0 saturated heterocycles. The van der Waals surface area contributed by atoms with Gasteiger partial charge in [-0.15, -0.1) is 0 Å². The maximum atomic E-state index is 13.4. The number of thioether (sulfide) groups is 1. The summed E-state index contributed by atoms with van der Waals surface area (Å²) in [5.41, 5.74) is 2.78. The van der Waals surface area contributed by atoms with Crippen LogP contribution in [-0.4, -0.2) is 32.1 Å². The molecule has 4 rings (SSSR count). The van der Waals surface area contributed by atoms with Crippen LogP contribution in [0.4, 0.5) is 15.8 Å². The van der Waals surface area contributed by atoms with Crippen molar-refractivity contribution in [3.05, 3.63) is 76.5 Å². The number of halogens is 1. The fourth-order valence-electron chi connectivity index (χ4n) is 3.30. The number of hydrogen-bond acceptors (Lipinski definition) is 5. The Labute approximate surface area is 192 Å². The van der Waals surface area contributed by atoms with Crippen LogP contribution in [0.5, 0.6) is 0 Å². The number of H-pyrrole nitrogens is 1. The molecule has 4 aromatic rings. The monoisotopic (exact) mass is 465 g/mol. The van der Waals surface area contributed by atoms with Crippen molar-refractivity contribution in [1.82, 2.24) is 14.5 Å². The zero-order valence-electron chi connectivity index (χ0n) is 17.8. The molecule has 2 aromatic carbocycles. The third-order valence-corrected chi connectivity index (χ3v) is 5.58. The van der Waals surface area contributed by atoms with Gasteiger partial charge in [-0.25, -0.2) is 9.37 Å². The van der Waals surface area contributed by atoms with Crippen LogP contribution >= 0.6 is 11.8 Å². The van der Waals surface area contributed by atoms with Crippen molar-refractivity contribution in [2.24, 2.45) is 0 Å². The summed E-state index contributed by atoms with van der Waals surface area (Å²) in [6, 6.07) is 14.0. The highest BCUT2D eigenvalue weighted by Gasteiger charge is 2.16. The highest BCUT2D eigenvalue weighted by molar-refractivity contribution is 7.99. The van der Waals surface area contributed by atoms with Crippen LogP contribution < -0.4 is 16.2 Å². The van der Waals surface area contributed by atoms with Gasteiger partial charge in [-0.3, -0.25) is 19.0 Å². The smallest absolute Gasteiger partial charge is 0.283 e. The number of carbonyl (C=O) groups is 2. The summed E-state index contributed by atoms with van der Waals surface area (Å²) in [4.78, 5) is 44.5. The molecule has 0 aliphatic carbocycles. The Morgan fingerprint density at radius 3 is 2.48 bits per heavy atom. The normalized spacial score (nSPS) is 10.9. The molecular formula is C23H20FN5O3S. The van der Waals surface area contributed by atoms with Gasteiger partial charge in [0, 0.05) is 24.0 Å². The van der Waals surface area contributed by atoms with Crippen molar-refractivity contribution in [2.75, 3.05) is 16.4 Å². The summed E-state index contributed by atoms with van der Waals surface area (Å²) in [5.74, 6) is -0.974. The number of benzene rings is 2. The van der Waals surface area contributed by atoms with Crippen molar-refractivity contribution >= 4 is 46.0 Å². The molecule has 0 saturated carbocycles. The number of anilines is 2. The lowest BCUT2D eigenvalue weighted by Gasteiger charge is -2.12. The zero-order valence-corrected chi connectivity index (χ0v) is 18.6. The Morgan fingerprint density at radius 1 is 1.09 bits per heavy atom. The molecule has 10 heteroatoms. The maximum absolute atomic E-state index is 13.4. The van der Waals surface area contributed by atoms with Gasteiger partial charge >= 0.3 is 0 Å². The van der Waals surface area contributed by atoms with Crippen molar-refractivity contribution < 1.29 is 14.0 Å². The van der Waals surface area contributed by atoms with Crippen LogP contribution in [0.25, 0.3) is 16.7 Å². The summed E-state index contributed by atoms with van der Waals surface area (Å²) in [5, 5.41) is 5.73. The van der Waals surface area contributed by atoms with Gasteiger partial charge in [-0.2, -0.15) is 0 Å². The highest BCUT2D eigenvalue weighted by Crippen LogP contribution is 2.23. The predicted octanol–water partition coefficient (Wildman–Crippen LogP) is 3.85. The highest BCUT2D eigenvalue weighted by atomic mass is 32.2. The van der Waals surface area contributed by atoms with Gasteiger partial charge in [0.2, 0.25) is 11.8 Å². The third-order valence-electron chi connectivity index (χ3n) is 4.64. The van der Waals surface area contributed by atoms with E-state index in [1.54, 1.807) is 30.3 Å². The largest absolute Gasteiger partial charge is 0.353 e. The van der Waals surface area contributed by atoms with Crippen molar-refractivity contribution in [2.45, 2.75) is 19.0 Å². The number of amides is 2. The molecule has 2 amide bonds. The summed E-state index contributed by atoms with van der Waals surface area (Å²) in [7, 11) is 0. The molecule has 0 unspecified atom stereocenters. The summed E-state index contributed by atoms with van der Waals surface area (Å²) >= 11 is 1.09. The van der Waals surface area contributed by atoms with Crippen molar-refractivity contribution in [3.8, 4) is 5.69 Å². The standard InChI is InChI=1S/C23H20FN5O3S/c1-13-10-19-21(25-13)22(32)29(18-8-6-15(24)7-9-18)23(28-19)33-12-20(31)27-17-5-3-4-16(11-17)26-14(2)30/h3-11,25H,12H2,1-2H3,(H,26,30)(H,27,31). The first-order valence-electron chi connectivity index (χ1n) is 9.99. The van der Waals surface area contributed by atoms with Crippen molar-refractivity contribution in [3.63, 3.8) is 0 Å². The van der Waals surface area contributed by atoms with E-state index in [1.807, 2.05) is 6.92 Å². The Kier molecular flexibility index (Phi) is 6.27. The molecule has 0 fully saturated rings. The number of carbonyl (C=O) groups excluding carboxylic acids is 2. The van der Waals surface area contributed by atoms with E-state index in [4.69, 9.17) is 0 Å². The molecule has 0 spiro atoms. The summed E-state index contributed by atoms with van der Waals surface area (Å²) < 4.78 is 14.8. The van der Waals surface area contributed by atoms with Crippen LogP contribution in [0, 0.1) is 12.7 Å². The van der Waals surface area contributed by atoms with E-state index in [0.29, 0.717) is 33.3 Å². The van der Waals surface area contributed by atoms with Crippen LogP contribution in [0.1, 0.15) is 12.6 Å². The Hall–Kier alpha value is -3.92. The Bertz CT molecular complexity index is 1410. The van der Waals surface area contributed by atoms with Gasteiger partial charge in [0.1, 0.15) is 11.3 Å². The second-order valence-electron chi connectivity index (χ2n) is 7.32. The van der Waals surface area contributed by atoms with E-state index in [9.17, 15) is 18.8 Å². The van der Waals surface area contributed by atoms with E-state index in [1.165, 1.54) is 35.8 Å². The Morgan fingerprint density at radius 2 is 1.79 bits per heavy atom. The molecular weight excluding hydrogens is 445 g/mol. The SMILES string of the molecule is CC(=O)Nc1cccc(NC(=O)CSc2nc3cc(C)[nH]c3c(=O)n2-c2ccc(F)cc2)c1.